The number of hydrogen-bond acceptors (Lipinski definition) is 3. The zero-order valence-electron chi connectivity index (χ0n) is 13.9. The van der Waals surface area contributed by atoms with E-state index in [0.29, 0.717) is 5.92 Å². The lowest BCUT2D eigenvalue weighted by Crippen LogP contribution is -2.43. The highest BCUT2D eigenvalue weighted by Crippen LogP contribution is 2.26. The van der Waals surface area contributed by atoms with E-state index in [9.17, 15) is 18.4 Å². The van der Waals surface area contributed by atoms with Crippen molar-refractivity contribution in [1.82, 2.24) is 5.32 Å². The number of benzene rings is 1. The van der Waals surface area contributed by atoms with Crippen LogP contribution >= 0.6 is 0 Å². The average Bonchev–Trinajstić information content (AvgIpc) is 2.51. The Kier molecular flexibility index (Phi) is 6.11. The van der Waals surface area contributed by atoms with Crippen molar-refractivity contribution in [2.45, 2.75) is 45.6 Å². The minimum atomic E-state index is -1.07. The molecule has 2 amide bonds. The van der Waals surface area contributed by atoms with Gasteiger partial charge in [-0.2, -0.15) is 0 Å². The molecule has 1 fully saturated rings. The number of carbonyl (C=O) groups excluding carboxylic acids is 2. The molecule has 2 atom stereocenters. The maximum Gasteiger partial charge on any atom is 0.239 e. The van der Waals surface area contributed by atoms with Crippen LogP contribution in [0.1, 0.15) is 39.5 Å². The van der Waals surface area contributed by atoms with E-state index in [1.54, 1.807) is 0 Å². The number of halogens is 2. The van der Waals surface area contributed by atoms with Crippen LogP contribution in [0.4, 0.5) is 20.2 Å². The second kappa shape index (κ2) is 8.08. The minimum Gasteiger partial charge on any atom is -0.374 e. The molecule has 1 saturated carbocycles. The quantitative estimate of drug-likeness (QED) is 0.772. The molecule has 3 N–H and O–H groups in total. The molecule has 0 aromatic heterocycles. The summed E-state index contributed by atoms with van der Waals surface area (Å²) in [7, 11) is 0. The molecule has 1 aromatic rings. The molecular formula is C17H23F2N3O2. The van der Waals surface area contributed by atoms with Crippen molar-refractivity contribution in [3.05, 3.63) is 23.8 Å². The Labute approximate surface area is 140 Å². The van der Waals surface area contributed by atoms with Crippen molar-refractivity contribution in [3.63, 3.8) is 0 Å². The molecule has 0 saturated heterocycles. The average molecular weight is 339 g/mol. The van der Waals surface area contributed by atoms with Crippen LogP contribution in [0, 0.1) is 17.6 Å². The summed E-state index contributed by atoms with van der Waals surface area (Å²) >= 11 is 0. The summed E-state index contributed by atoms with van der Waals surface area (Å²) in [5.74, 6) is -2.31. The van der Waals surface area contributed by atoms with Crippen LogP contribution < -0.4 is 16.0 Å². The van der Waals surface area contributed by atoms with Crippen LogP contribution in [0.3, 0.4) is 0 Å². The SMILES string of the molecule is CC(=O)Nc1cc(F)c(F)cc1NCC(=O)N[C@@H]1CCCC[C@H]1C. The number of amides is 2. The monoisotopic (exact) mass is 339 g/mol. The van der Waals surface area contributed by atoms with Crippen LogP contribution in [0.25, 0.3) is 0 Å². The molecule has 0 radical (unpaired) electrons. The number of carbonyl (C=O) groups is 2. The third-order valence-electron chi connectivity index (χ3n) is 4.27. The molecule has 0 bridgehead atoms. The predicted molar refractivity (Wildman–Crippen MR) is 88.7 cm³/mol. The maximum atomic E-state index is 13.4. The van der Waals surface area contributed by atoms with Crippen LogP contribution in [-0.2, 0) is 9.59 Å². The summed E-state index contributed by atoms with van der Waals surface area (Å²) in [5.41, 5.74) is 0.260. The Bertz CT molecular complexity index is 622. The van der Waals surface area contributed by atoms with Crippen LogP contribution in [0.5, 0.6) is 0 Å². The summed E-state index contributed by atoms with van der Waals surface area (Å²) in [5, 5.41) is 8.14. The molecule has 0 heterocycles. The lowest BCUT2D eigenvalue weighted by atomic mass is 9.86. The number of rotatable bonds is 5. The van der Waals surface area contributed by atoms with Gasteiger partial charge in [0.1, 0.15) is 0 Å². The smallest absolute Gasteiger partial charge is 0.239 e. The molecule has 132 valence electrons. The van der Waals surface area contributed by atoms with Crippen LogP contribution in [0.2, 0.25) is 0 Å². The number of hydrogen-bond donors (Lipinski definition) is 3. The number of nitrogens with one attached hydrogen (secondary N) is 3. The van der Waals surface area contributed by atoms with Crippen molar-refractivity contribution < 1.29 is 18.4 Å². The summed E-state index contributed by atoms with van der Waals surface area (Å²) in [6.45, 7) is 3.30. The van der Waals surface area contributed by atoms with Gasteiger partial charge >= 0.3 is 0 Å². The first-order valence-corrected chi connectivity index (χ1v) is 8.16. The highest BCUT2D eigenvalue weighted by molar-refractivity contribution is 5.93. The van der Waals surface area contributed by atoms with Crippen LogP contribution in [-0.4, -0.2) is 24.4 Å². The molecule has 0 spiro atoms. The molecule has 7 heteroatoms. The first-order chi connectivity index (χ1) is 11.4. The standard InChI is InChI=1S/C17H23F2N3O2/c1-10-5-3-4-6-14(10)22-17(24)9-20-15-7-12(18)13(19)8-16(15)21-11(2)23/h7-8,10,14,20H,3-6,9H2,1-2H3,(H,21,23)(H,22,24)/t10-,14-/m1/s1. The summed E-state index contributed by atoms with van der Waals surface area (Å²) in [6, 6.07) is 1.96. The van der Waals surface area contributed by atoms with Crippen molar-refractivity contribution in [3.8, 4) is 0 Å². The molecule has 0 unspecified atom stereocenters. The fourth-order valence-electron chi connectivity index (χ4n) is 2.95. The normalized spacial score (nSPS) is 20.3. The fourth-order valence-corrected chi connectivity index (χ4v) is 2.95. The van der Waals surface area contributed by atoms with Gasteiger partial charge < -0.3 is 16.0 Å². The van der Waals surface area contributed by atoms with Crippen molar-refractivity contribution in [2.75, 3.05) is 17.2 Å². The Balaban J connectivity index is 1.98. The van der Waals surface area contributed by atoms with Gasteiger partial charge in [-0.1, -0.05) is 19.8 Å². The first kappa shape index (κ1) is 18.2. The third kappa shape index (κ3) is 4.91. The van der Waals surface area contributed by atoms with Gasteiger partial charge in [-0.15, -0.1) is 0 Å². The van der Waals surface area contributed by atoms with Gasteiger partial charge in [0.05, 0.1) is 17.9 Å². The Morgan fingerprint density at radius 1 is 1.12 bits per heavy atom. The van der Waals surface area contributed by atoms with E-state index in [2.05, 4.69) is 22.9 Å². The van der Waals surface area contributed by atoms with Crippen molar-refractivity contribution in [1.29, 1.82) is 0 Å². The first-order valence-electron chi connectivity index (χ1n) is 8.16. The molecular weight excluding hydrogens is 316 g/mol. The zero-order valence-corrected chi connectivity index (χ0v) is 13.9. The molecule has 0 aliphatic heterocycles. The van der Waals surface area contributed by atoms with E-state index in [1.807, 2.05) is 0 Å². The number of anilines is 2. The van der Waals surface area contributed by atoms with E-state index in [0.717, 1.165) is 31.4 Å². The van der Waals surface area contributed by atoms with E-state index in [4.69, 9.17) is 0 Å². The van der Waals surface area contributed by atoms with Crippen molar-refractivity contribution >= 4 is 23.2 Å². The van der Waals surface area contributed by atoms with E-state index < -0.39 is 17.5 Å². The summed E-state index contributed by atoms with van der Waals surface area (Å²) in [4.78, 5) is 23.3. The van der Waals surface area contributed by atoms with E-state index in [-0.39, 0.29) is 29.9 Å². The van der Waals surface area contributed by atoms with Gasteiger partial charge in [0.2, 0.25) is 11.8 Å². The summed E-state index contributed by atoms with van der Waals surface area (Å²) < 4.78 is 26.7. The minimum absolute atomic E-state index is 0.0825. The maximum absolute atomic E-state index is 13.4. The van der Waals surface area contributed by atoms with Gasteiger partial charge in [0.15, 0.2) is 11.6 Å². The van der Waals surface area contributed by atoms with Crippen LogP contribution in [0.15, 0.2) is 12.1 Å². The molecule has 5 nitrogen and oxygen atoms in total. The van der Waals surface area contributed by atoms with Gasteiger partial charge in [0.25, 0.3) is 0 Å². The largest absolute Gasteiger partial charge is 0.374 e. The predicted octanol–water partition coefficient (Wildman–Crippen LogP) is 3.03. The molecule has 1 aliphatic rings. The summed E-state index contributed by atoms with van der Waals surface area (Å²) in [6.07, 6.45) is 4.32. The molecule has 1 aromatic carbocycles. The topological polar surface area (TPSA) is 70.2 Å². The Morgan fingerprint density at radius 3 is 2.38 bits per heavy atom. The fraction of sp³-hybridized carbons (Fsp3) is 0.529. The lowest BCUT2D eigenvalue weighted by molar-refractivity contribution is -0.120. The van der Waals surface area contributed by atoms with Gasteiger partial charge in [0, 0.05) is 25.1 Å². The zero-order chi connectivity index (χ0) is 17.7. The van der Waals surface area contributed by atoms with Gasteiger partial charge in [-0.3, -0.25) is 9.59 Å². The highest BCUT2D eigenvalue weighted by Gasteiger charge is 2.22. The van der Waals surface area contributed by atoms with Gasteiger partial charge in [-0.25, -0.2) is 8.78 Å². The second-order valence-electron chi connectivity index (χ2n) is 6.28. The molecule has 1 aliphatic carbocycles. The third-order valence-corrected chi connectivity index (χ3v) is 4.27. The molecule has 24 heavy (non-hydrogen) atoms. The van der Waals surface area contributed by atoms with E-state index in [1.165, 1.54) is 13.3 Å². The van der Waals surface area contributed by atoms with Crippen molar-refractivity contribution in [2.24, 2.45) is 5.92 Å². The Morgan fingerprint density at radius 2 is 1.75 bits per heavy atom. The Hall–Kier alpha value is -2.18. The molecule has 2 rings (SSSR count). The second-order valence-corrected chi connectivity index (χ2v) is 6.28. The van der Waals surface area contributed by atoms with E-state index >= 15 is 0 Å². The highest BCUT2D eigenvalue weighted by atomic mass is 19.2. The lowest BCUT2D eigenvalue weighted by Gasteiger charge is -2.29. The van der Waals surface area contributed by atoms with Gasteiger partial charge in [-0.05, 0) is 18.8 Å².